The van der Waals surface area contributed by atoms with Crippen molar-refractivity contribution >= 4 is 131 Å². The first-order chi connectivity index (χ1) is 15.7. The number of hydrogen-bond acceptors (Lipinski definition) is 0. The molecule has 1 nitrogen and oxygen atoms in total. The van der Waals surface area contributed by atoms with Gasteiger partial charge in [-0.05, 0) is 28.6 Å². The van der Waals surface area contributed by atoms with Crippen LogP contribution < -0.4 is 38.2 Å². The highest BCUT2D eigenvalue weighted by Gasteiger charge is 2.23. The van der Waals surface area contributed by atoms with Gasteiger partial charge in [-0.25, -0.2) is 0 Å². The Morgan fingerprint density at radius 2 is 1.06 bits per heavy atom. The molecular weight excluding hydrogens is 458 g/mol. The monoisotopic (exact) mass is 481 g/mol. The van der Waals surface area contributed by atoms with Crippen LogP contribution >= 0.6 is 15.9 Å². The van der Waals surface area contributed by atoms with Crippen LogP contribution in [0, 0.1) is 0 Å². The summed E-state index contributed by atoms with van der Waals surface area (Å²) in [7, 11) is 15.9. The molecule has 5 rings (SSSR count). The van der Waals surface area contributed by atoms with Gasteiger partial charge in [0.25, 0.3) is 0 Å². The van der Waals surface area contributed by atoms with Crippen LogP contribution in [0.3, 0.4) is 0 Å². The zero-order valence-electron chi connectivity index (χ0n) is 20.5. The number of hydrogen-bond donors (Lipinski definition) is 0. The summed E-state index contributed by atoms with van der Waals surface area (Å²) in [6.07, 6.45) is 0. The minimum Gasteiger partial charge on any atom is -0.310 e. The number of benzene rings is 4. The van der Waals surface area contributed by atoms with Crippen LogP contribution in [0.2, 0.25) is 0 Å². The summed E-state index contributed by atoms with van der Waals surface area (Å²) in [6.45, 7) is 0. The molecule has 4 aromatic carbocycles. The highest BCUT2D eigenvalue weighted by molar-refractivity contribution is 9.10. The Morgan fingerprint density at radius 3 is 1.73 bits per heavy atom. The molecule has 1 heterocycles. The second-order valence-corrected chi connectivity index (χ2v) is 10.2. The Morgan fingerprint density at radius 1 is 0.515 bits per heavy atom. The van der Waals surface area contributed by atoms with Crippen molar-refractivity contribution in [1.29, 1.82) is 0 Å². The molecule has 0 aliphatic rings. The molecule has 5 aromatic rings. The fraction of sp³-hybridized carbons (Fsp3) is 0. The van der Waals surface area contributed by atoms with Crippen LogP contribution in [-0.4, -0.2) is 59.5 Å². The van der Waals surface area contributed by atoms with Gasteiger partial charge >= 0.3 is 0 Å². The van der Waals surface area contributed by atoms with Gasteiger partial charge in [0.15, 0.2) is 0 Å². The summed E-state index contributed by atoms with van der Waals surface area (Å²) in [6, 6.07) is 19.6. The van der Waals surface area contributed by atoms with Crippen LogP contribution in [0.5, 0.6) is 0 Å². The zero-order valence-corrected chi connectivity index (χ0v) is 22.1. The van der Waals surface area contributed by atoms with E-state index < -0.39 is 0 Å². The number of fused-ring (bicyclic) bond motifs is 3. The van der Waals surface area contributed by atoms with Crippen LogP contribution in [0.25, 0.3) is 38.6 Å². The van der Waals surface area contributed by atoms with E-state index in [1.54, 1.807) is 0 Å². The summed E-state index contributed by atoms with van der Waals surface area (Å²) >= 11 is 3.91. The SMILES string of the molecule is Bc1c(B)c(B)c2c(c1B)c1c(B)c(Br)c(B)c(B)c1n2-c1cccc(-c2ccccc2)c1. The average Bonchev–Trinajstić information content (AvgIpc) is 3.20. The van der Waals surface area contributed by atoms with Crippen LogP contribution in [0.4, 0.5) is 0 Å². The molecule has 152 valence electrons. The molecule has 9 heteroatoms. The maximum absolute atomic E-state index is 3.91. The van der Waals surface area contributed by atoms with Gasteiger partial charge in [-0.2, -0.15) is 0 Å². The summed E-state index contributed by atoms with van der Waals surface area (Å²) in [5.41, 5.74) is 15.8. The van der Waals surface area contributed by atoms with Gasteiger partial charge in [-0.1, -0.05) is 91.2 Å². The molecule has 0 saturated carbocycles. The van der Waals surface area contributed by atoms with Crippen molar-refractivity contribution in [2.24, 2.45) is 0 Å². The van der Waals surface area contributed by atoms with E-state index in [0.29, 0.717) is 0 Å². The van der Waals surface area contributed by atoms with Gasteiger partial charge in [0.1, 0.15) is 54.9 Å². The standard InChI is InChI=1S/C24H23B7BrN/c25-15-13-14-16(26)22(32)19(29)21(31)24(14)33(23(13)20(30)18(28)17(15)27)12-8-4-7-11(9-12)10-5-2-1-3-6-10/h1-9H,25-31H2. The predicted octanol–water partition coefficient (Wildman–Crippen LogP) is -4.98. The Labute approximate surface area is 210 Å². The van der Waals surface area contributed by atoms with Crippen LogP contribution in [0.15, 0.2) is 59.1 Å². The van der Waals surface area contributed by atoms with Crippen molar-refractivity contribution in [2.75, 3.05) is 0 Å². The van der Waals surface area contributed by atoms with Crippen LogP contribution in [0.1, 0.15) is 0 Å². The number of rotatable bonds is 2. The highest BCUT2D eigenvalue weighted by atomic mass is 79.9. The molecule has 0 atom stereocenters. The first-order valence-corrected chi connectivity index (χ1v) is 12.4. The molecule has 0 saturated heterocycles. The topological polar surface area (TPSA) is 4.93 Å². The molecule has 0 bridgehead atoms. The molecule has 0 unspecified atom stereocenters. The molecule has 0 aliphatic carbocycles. The van der Waals surface area contributed by atoms with Gasteiger partial charge in [0, 0.05) is 26.6 Å². The van der Waals surface area contributed by atoms with Crippen molar-refractivity contribution in [3.8, 4) is 16.8 Å². The molecule has 0 aliphatic heterocycles. The van der Waals surface area contributed by atoms with Gasteiger partial charge < -0.3 is 4.57 Å². The Balaban J connectivity index is 2.02. The lowest BCUT2D eigenvalue weighted by molar-refractivity contribution is 1.19. The summed E-state index contributed by atoms with van der Waals surface area (Å²) in [4.78, 5) is 0. The number of aromatic nitrogens is 1. The fourth-order valence-corrected chi connectivity index (χ4v) is 5.88. The smallest absolute Gasteiger partial charge is 0.141 e. The molecule has 33 heavy (non-hydrogen) atoms. The molecular formula is C24H23B7BrN. The minimum absolute atomic E-state index is 1.21. The number of nitrogens with zero attached hydrogens (tertiary/aromatic N) is 1. The highest BCUT2D eigenvalue weighted by Crippen LogP contribution is 2.30. The molecule has 0 N–H and O–H groups in total. The second-order valence-electron chi connectivity index (χ2n) is 9.39. The van der Waals surface area contributed by atoms with Gasteiger partial charge in [-0.15, -0.1) is 5.46 Å². The van der Waals surface area contributed by atoms with E-state index in [0.717, 1.165) is 0 Å². The summed E-state index contributed by atoms with van der Waals surface area (Å²) < 4.78 is 3.74. The van der Waals surface area contributed by atoms with Crippen molar-refractivity contribution in [3.63, 3.8) is 0 Å². The first kappa shape index (κ1) is 22.4. The third kappa shape index (κ3) is 3.23. The van der Waals surface area contributed by atoms with Gasteiger partial charge in [0.2, 0.25) is 0 Å². The average molecular weight is 481 g/mol. The van der Waals surface area contributed by atoms with E-state index in [1.807, 2.05) is 0 Å². The molecule has 1 aromatic heterocycles. The number of halogens is 1. The largest absolute Gasteiger partial charge is 0.310 e. The van der Waals surface area contributed by atoms with Crippen molar-refractivity contribution in [1.82, 2.24) is 4.57 Å². The van der Waals surface area contributed by atoms with Crippen LogP contribution in [-0.2, 0) is 0 Å². The zero-order chi connectivity index (χ0) is 23.6. The Hall–Kier alpha value is -2.39. The van der Waals surface area contributed by atoms with E-state index in [1.165, 1.54) is 81.3 Å². The quantitative estimate of drug-likeness (QED) is 0.223. The summed E-state index contributed by atoms with van der Waals surface area (Å²) in [5, 5.41) is 2.76. The lowest BCUT2D eigenvalue weighted by Gasteiger charge is -2.17. The lowest BCUT2D eigenvalue weighted by Crippen LogP contribution is -2.48. The van der Waals surface area contributed by atoms with E-state index in [9.17, 15) is 0 Å². The predicted molar refractivity (Wildman–Crippen MR) is 171 cm³/mol. The minimum atomic E-state index is 1.21. The van der Waals surface area contributed by atoms with Crippen molar-refractivity contribution in [2.45, 2.75) is 0 Å². The van der Waals surface area contributed by atoms with E-state index in [-0.39, 0.29) is 0 Å². The van der Waals surface area contributed by atoms with Crippen molar-refractivity contribution < 1.29 is 0 Å². The van der Waals surface area contributed by atoms with E-state index in [2.05, 4.69) is 130 Å². The van der Waals surface area contributed by atoms with E-state index in [4.69, 9.17) is 0 Å². The Bertz CT molecular complexity index is 1520. The molecule has 0 fully saturated rings. The van der Waals surface area contributed by atoms with Gasteiger partial charge in [0.05, 0.1) is 0 Å². The van der Waals surface area contributed by atoms with E-state index >= 15 is 0 Å². The molecule has 0 radical (unpaired) electrons. The fourth-order valence-electron chi connectivity index (χ4n) is 5.39. The van der Waals surface area contributed by atoms with Gasteiger partial charge in [-0.3, -0.25) is 0 Å². The third-order valence-corrected chi connectivity index (χ3v) is 8.94. The third-order valence-electron chi connectivity index (χ3n) is 7.75. The summed E-state index contributed by atoms with van der Waals surface area (Å²) in [5.74, 6) is 0. The molecule has 0 amide bonds. The normalized spacial score (nSPS) is 11.4. The maximum atomic E-state index is 3.91. The first-order valence-electron chi connectivity index (χ1n) is 11.6. The lowest BCUT2D eigenvalue weighted by atomic mass is 9.65. The molecule has 0 spiro atoms. The maximum Gasteiger partial charge on any atom is 0.141 e. The Kier molecular flexibility index (Phi) is 5.52. The van der Waals surface area contributed by atoms with Crippen molar-refractivity contribution in [3.05, 3.63) is 59.1 Å². The second kappa shape index (κ2) is 8.13.